The Balaban J connectivity index is 3.45. The maximum Gasteiger partial charge on any atom is 0.339 e. The summed E-state index contributed by atoms with van der Waals surface area (Å²) in [7, 11) is 1.10. The zero-order valence-corrected chi connectivity index (χ0v) is 9.22. The molecule has 0 aliphatic heterocycles. The molecule has 7 heteroatoms. The minimum absolute atomic E-state index is 0.124. The van der Waals surface area contributed by atoms with E-state index in [-0.39, 0.29) is 15.9 Å². The summed E-state index contributed by atoms with van der Waals surface area (Å²) in [5.41, 5.74) is 4.36. The molecular weight excluding hydrogens is 274 g/mol. The average Bonchev–Trinajstić information content (AvgIpc) is 2.19. The molecule has 0 radical (unpaired) electrons. The second-order valence-corrected chi connectivity index (χ2v) is 3.43. The highest BCUT2D eigenvalue weighted by molar-refractivity contribution is 9.10. The number of carbonyl (C=O) groups excluding carboxylic acids is 1. The van der Waals surface area contributed by atoms with Crippen molar-refractivity contribution in [2.75, 3.05) is 12.8 Å². The van der Waals surface area contributed by atoms with Gasteiger partial charge in [0.2, 0.25) is 0 Å². The number of nitrogens with two attached hydrogens (primary N) is 1. The number of nitrogen functional groups attached to an aromatic ring is 1. The Kier molecular flexibility index (Phi) is 3.57. The van der Waals surface area contributed by atoms with E-state index in [2.05, 4.69) is 25.7 Å². The van der Waals surface area contributed by atoms with Gasteiger partial charge < -0.3 is 10.5 Å². The van der Waals surface area contributed by atoms with Gasteiger partial charge in [-0.25, -0.2) is 18.6 Å². The van der Waals surface area contributed by atoms with E-state index < -0.39 is 18.0 Å². The molecule has 0 unspecified atom stereocenters. The fraction of sp³-hybridized carbons (Fsp3) is 0.250. The Morgan fingerprint density at radius 3 is 2.73 bits per heavy atom. The summed E-state index contributed by atoms with van der Waals surface area (Å²) < 4.78 is 29.7. The maximum atomic E-state index is 12.6. The Morgan fingerprint density at radius 1 is 1.67 bits per heavy atom. The van der Waals surface area contributed by atoms with Crippen molar-refractivity contribution in [1.82, 2.24) is 4.98 Å². The standard InChI is InChI=1S/C8H7BrF2N2O2/c1-15-8(14)4-3(9)2-13-7(12)5(4)6(10)11/h2,6H,1H3,(H2,12,13). The first-order chi connectivity index (χ1) is 6.99. The molecule has 0 saturated heterocycles. The quantitative estimate of drug-likeness (QED) is 0.843. The van der Waals surface area contributed by atoms with Crippen LogP contribution in [-0.2, 0) is 4.74 Å². The zero-order valence-electron chi connectivity index (χ0n) is 7.63. The highest BCUT2D eigenvalue weighted by atomic mass is 79.9. The number of anilines is 1. The number of alkyl halides is 2. The number of nitrogens with zero attached hydrogens (tertiary/aromatic N) is 1. The normalized spacial score (nSPS) is 10.5. The molecule has 0 aromatic carbocycles. The zero-order chi connectivity index (χ0) is 11.6. The average molecular weight is 281 g/mol. The molecule has 1 aromatic heterocycles. The third-order valence-electron chi connectivity index (χ3n) is 1.71. The number of esters is 1. The molecule has 0 amide bonds. The van der Waals surface area contributed by atoms with Crippen LogP contribution >= 0.6 is 15.9 Å². The van der Waals surface area contributed by atoms with Crippen LogP contribution < -0.4 is 5.73 Å². The van der Waals surface area contributed by atoms with Crippen molar-refractivity contribution in [3.05, 3.63) is 21.8 Å². The number of aromatic nitrogens is 1. The van der Waals surface area contributed by atoms with Crippen LogP contribution in [0.2, 0.25) is 0 Å². The number of carbonyl (C=O) groups is 1. The van der Waals surface area contributed by atoms with Gasteiger partial charge in [0.15, 0.2) is 0 Å². The number of hydrogen-bond acceptors (Lipinski definition) is 4. The predicted octanol–water partition coefficient (Wildman–Crippen LogP) is 2.15. The summed E-state index contributed by atoms with van der Waals surface area (Å²) in [4.78, 5) is 14.8. The SMILES string of the molecule is COC(=O)c1c(Br)cnc(N)c1C(F)F. The number of pyridine rings is 1. The van der Waals surface area contributed by atoms with E-state index in [4.69, 9.17) is 5.73 Å². The predicted molar refractivity (Wildman–Crippen MR) is 52.6 cm³/mol. The lowest BCUT2D eigenvalue weighted by atomic mass is 10.1. The van der Waals surface area contributed by atoms with Gasteiger partial charge in [-0.1, -0.05) is 0 Å². The number of rotatable bonds is 2. The summed E-state index contributed by atoms with van der Waals surface area (Å²) in [6.45, 7) is 0. The van der Waals surface area contributed by atoms with Crippen molar-refractivity contribution in [3.8, 4) is 0 Å². The van der Waals surface area contributed by atoms with Crippen molar-refractivity contribution < 1.29 is 18.3 Å². The first-order valence-corrected chi connectivity index (χ1v) is 4.58. The molecule has 15 heavy (non-hydrogen) atoms. The topological polar surface area (TPSA) is 65.2 Å². The molecule has 4 nitrogen and oxygen atoms in total. The van der Waals surface area contributed by atoms with Crippen LogP contribution in [0, 0.1) is 0 Å². The third kappa shape index (κ3) is 2.23. The van der Waals surface area contributed by atoms with Crippen molar-refractivity contribution in [1.29, 1.82) is 0 Å². The van der Waals surface area contributed by atoms with Gasteiger partial charge in [-0.05, 0) is 15.9 Å². The van der Waals surface area contributed by atoms with Gasteiger partial charge in [-0.2, -0.15) is 0 Å². The van der Waals surface area contributed by atoms with Crippen LogP contribution in [0.1, 0.15) is 22.3 Å². The van der Waals surface area contributed by atoms with Gasteiger partial charge in [-0.3, -0.25) is 0 Å². The molecule has 0 aliphatic carbocycles. The molecule has 0 fully saturated rings. The molecule has 1 aromatic rings. The molecule has 0 atom stereocenters. The van der Waals surface area contributed by atoms with Gasteiger partial charge in [0.05, 0.1) is 22.7 Å². The molecular formula is C8H7BrF2N2O2. The molecule has 0 saturated carbocycles. The largest absolute Gasteiger partial charge is 0.465 e. The van der Waals surface area contributed by atoms with E-state index in [1.807, 2.05) is 0 Å². The van der Waals surface area contributed by atoms with Crippen LogP contribution in [0.5, 0.6) is 0 Å². The summed E-state index contributed by atoms with van der Waals surface area (Å²) in [6, 6.07) is 0. The van der Waals surface area contributed by atoms with E-state index in [0.29, 0.717) is 0 Å². The van der Waals surface area contributed by atoms with Crippen LogP contribution in [-0.4, -0.2) is 18.1 Å². The minimum atomic E-state index is -2.89. The fourth-order valence-electron chi connectivity index (χ4n) is 1.05. The molecule has 0 bridgehead atoms. The van der Waals surface area contributed by atoms with Crippen molar-refractivity contribution in [2.24, 2.45) is 0 Å². The highest BCUT2D eigenvalue weighted by Crippen LogP contribution is 2.32. The van der Waals surface area contributed by atoms with E-state index in [1.165, 1.54) is 6.20 Å². The van der Waals surface area contributed by atoms with E-state index in [1.54, 1.807) is 0 Å². The van der Waals surface area contributed by atoms with E-state index in [9.17, 15) is 13.6 Å². The van der Waals surface area contributed by atoms with Crippen LogP contribution in [0.3, 0.4) is 0 Å². The van der Waals surface area contributed by atoms with Crippen molar-refractivity contribution in [3.63, 3.8) is 0 Å². The smallest absolute Gasteiger partial charge is 0.339 e. The monoisotopic (exact) mass is 280 g/mol. The number of halogens is 3. The molecule has 0 spiro atoms. The summed E-state index contributed by atoms with van der Waals surface area (Å²) in [5, 5.41) is 0. The maximum absolute atomic E-state index is 12.6. The van der Waals surface area contributed by atoms with Gasteiger partial charge >= 0.3 is 5.97 Å². The first-order valence-electron chi connectivity index (χ1n) is 3.79. The van der Waals surface area contributed by atoms with Gasteiger partial charge in [0.1, 0.15) is 5.82 Å². The Morgan fingerprint density at radius 2 is 2.27 bits per heavy atom. The molecule has 1 heterocycles. The summed E-state index contributed by atoms with van der Waals surface area (Å²) in [5.74, 6) is -1.26. The van der Waals surface area contributed by atoms with Gasteiger partial charge in [0.25, 0.3) is 6.43 Å². The van der Waals surface area contributed by atoms with Crippen molar-refractivity contribution >= 4 is 27.7 Å². The summed E-state index contributed by atoms with van der Waals surface area (Å²) >= 11 is 2.94. The second kappa shape index (κ2) is 4.52. The van der Waals surface area contributed by atoms with Crippen LogP contribution in [0.4, 0.5) is 14.6 Å². The number of ether oxygens (including phenoxy) is 1. The molecule has 0 aliphatic rings. The highest BCUT2D eigenvalue weighted by Gasteiger charge is 2.25. The lowest BCUT2D eigenvalue weighted by molar-refractivity contribution is 0.0588. The fourth-order valence-corrected chi connectivity index (χ4v) is 1.53. The van der Waals surface area contributed by atoms with Crippen LogP contribution in [0.25, 0.3) is 0 Å². The van der Waals surface area contributed by atoms with E-state index in [0.717, 1.165) is 7.11 Å². The summed E-state index contributed by atoms with van der Waals surface area (Å²) in [6.07, 6.45) is -1.71. The molecule has 1 rings (SSSR count). The third-order valence-corrected chi connectivity index (χ3v) is 2.31. The Labute approximate surface area is 92.6 Å². The number of methoxy groups -OCH3 is 1. The minimum Gasteiger partial charge on any atom is -0.465 e. The van der Waals surface area contributed by atoms with Crippen LogP contribution in [0.15, 0.2) is 10.7 Å². The number of hydrogen-bond donors (Lipinski definition) is 1. The first kappa shape index (κ1) is 11.8. The Hall–Kier alpha value is -1.24. The van der Waals surface area contributed by atoms with E-state index >= 15 is 0 Å². The van der Waals surface area contributed by atoms with Gasteiger partial charge in [-0.15, -0.1) is 0 Å². The van der Waals surface area contributed by atoms with Gasteiger partial charge in [0, 0.05) is 6.20 Å². The lowest BCUT2D eigenvalue weighted by Crippen LogP contribution is -2.11. The molecule has 82 valence electrons. The second-order valence-electron chi connectivity index (χ2n) is 2.57. The Bertz CT molecular complexity index is 398. The lowest BCUT2D eigenvalue weighted by Gasteiger charge is -2.10. The van der Waals surface area contributed by atoms with Crippen molar-refractivity contribution in [2.45, 2.75) is 6.43 Å². The molecule has 2 N–H and O–H groups in total.